The normalized spacial score (nSPS) is 16.9. The van der Waals surface area contributed by atoms with E-state index in [0.29, 0.717) is 17.9 Å². The van der Waals surface area contributed by atoms with Crippen LogP contribution in [0.2, 0.25) is 0 Å². The molecule has 4 rings (SSSR count). The number of nitrogens with zero attached hydrogens (tertiary/aromatic N) is 3. The van der Waals surface area contributed by atoms with Gasteiger partial charge in [-0.3, -0.25) is 9.47 Å². The fraction of sp³-hybridized carbons (Fsp3) is 0.524. The third kappa shape index (κ3) is 4.87. The number of halogens is 2. The van der Waals surface area contributed by atoms with Crippen molar-refractivity contribution in [2.45, 2.75) is 43.0 Å². The van der Waals surface area contributed by atoms with Crippen molar-refractivity contribution in [3.8, 4) is 0 Å². The lowest BCUT2D eigenvalue weighted by molar-refractivity contribution is 0.0368. The molecular formula is C21H25F2N3O2S. The zero-order valence-corrected chi connectivity index (χ0v) is 17.1. The monoisotopic (exact) mass is 421 g/mol. The maximum absolute atomic E-state index is 13.4. The molecule has 0 atom stereocenters. The molecule has 0 spiro atoms. The second-order valence-corrected chi connectivity index (χ2v) is 8.44. The number of aromatic nitrogens is 2. The quantitative estimate of drug-likeness (QED) is 0.508. The second kappa shape index (κ2) is 9.36. The zero-order chi connectivity index (χ0) is 20.2. The van der Waals surface area contributed by atoms with Gasteiger partial charge in [0.1, 0.15) is 5.03 Å². The summed E-state index contributed by atoms with van der Waals surface area (Å²) in [4.78, 5) is 19.4. The first kappa shape index (κ1) is 20.5. The van der Waals surface area contributed by atoms with E-state index in [2.05, 4.69) is 9.88 Å². The van der Waals surface area contributed by atoms with Gasteiger partial charge in [-0.1, -0.05) is 6.07 Å². The van der Waals surface area contributed by atoms with Gasteiger partial charge in [0.05, 0.1) is 13.2 Å². The Balaban J connectivity index is 1.44. The Morgan fingerprint density at radius 2 is 1.93 bits per heavy atom. The summed E-state index contributed by atoms with van der Waals surface area (Å²) in [5.41, 5.74) is 2.71. The minimum atomic E-state index is -0.850. The van der Waals surface area contributed by atoms with Gasteiger partial charge in [0.15, 0.2) is 11.6 Å². The number of benzene rings is 1. The minimum Gasteiger partial charge on any atom is -0.379 e. The van der Waals surface area contributed by atoms with Crippen LogP contribution in [0.5, 0.6) is 0 Å². The van der Waals surface area contributed by atoms with Gasteiger partial charge < -0.3 is 4.74 Å². The van der Waals surface area contributed by atoms with Gasteiger partial charge in [-0.15, -0.1) is 11.8 Å². The molecule has 8 heteroatoms. The molecule has 1 aromatic carbocycles. The average Bonchev–Trinajstić information content (AvgIpc) is 3.21. The van der Waals surface area contributed by atoms with Crippen LogP contribution in [-0.4, -0.2) is 47.3 Å². The largest absolute Gasteiger partial charge is 0.379 e. The molecule has 5 nitrogen and oxygen atoms in total. The molecule has 0 saturated carbocycles. The molecule has 2 aromatic rings. The number of hydrogen-bond acceptors (Lipinski definition) is 5. The van der Waals surface area contributed by atoms with Crippen LogP contribution in [0.1, 0.15) is 29.7 Å². The lowest BCUT2D eigenvalue weighted by atomic mass is 10.2. The Hall–Kier alpha value is -1.77. The van der Waals surface area contributed by atoms with Crippen molar-refractivity contribution in [3.63, 3.8) is 0 Å². The van der Waals surface area contributed by atoms with E-state index in [-0.39, 0.29) is 5.69 Å². The minimum absolute atomic E-state index is 0.208. The molecule has 2 aliphatic rings. The van der Waals surface area contributed by atoms with E-state index in [1.807, 2.05) is 4.57 Å². The van der Waals surface area contributed by atoms with E-state index in [1.54, 1.807) is 6.07 Å². The number of ether oxygens (including phenoxy) is 1. The molecule has 1 aliphatic heterocycles. The summed E-state index contributed by atoms with van der Waals surface area (Å²) < 4.78 is 33.8. The van der Waals surface area contributed by atoms with Crippen LogP contribution in [0.4, 0.5) is 8.78 Å². The number of thioether (sulfide) groups is 1. The summed E-state index contributed by atoms with van der Waals surface area (Å²) in [6.45, 7) is 5.09. The van der Waals surface area contributed by atoms with Crippen LogP contribution >= 0.6 is 11.8 Å². The summed E-state index contributed by atoms with van der Waals surface area (Å²) in [7, 11) is 0. The fourth-order valence-corrected chi connectivity index (χ4v) is 5.01. The Bertz CT molecular complexity index is 929. The molecule has 1 saturated heterocycles. The first-order valence-electron chi connectivity index (χ1n) is 10.1. The summed E-state index contributed by atoms with van der Waals surface area (Å²) >= 11 is 1.43. The summed E-state index contributed by atoms with van der Waals surface area (Å²) in [6.07, 6.45) is 3.73. The van der Waals surface area contributed by atoms with Gasteiger partial charge >= 0.3 is 5.69 Å². The van der Waals surface area contributed by atoms with E-state index in [1.165, 1.54) is 17.8 Å². The van der Waals surface area contributed by atoms with Gasteiger partial charge in [-0.25, -0.2) is 13.6 Å². The van der Waals surface area contributed by atoms with Crippen LogP contribution in [0.15, 0.2) is 28.0 Å². The van der Waals surface area contributed by atoms with Crippen molar-refractivity contribution in [1.29, 1.82) is 0 Å². The molecule has 0 unspecified atom stereocenters. The van der Waals surface area contributed by atoms with Crippen molar-refractivity contribution in [3.05, 3.63) is 57.1 Å². The molecule has 1 aromatic heterocycles. The topological polar surface area (TPSA) is 47.4 Å². The number of hydrogen-bond donors (Lipinski definition) is 0. The highest BCUT2D eigenvalue weighted by atomic mass is 32.2. The standard InChI is InChI=1S/C21H25F2N3O2S/c22-17-6-5-15(13-18(17)23)14-29-20-16-3-1-4-19(16)26(21(27)24-20)8-2-7-25-9-11-28-12-10-25/h5-6,13H,1-4,7-12,14H2. The summed E-state index contributed by atoms with van der Waals surface area (Å²) in [5.74, 6) is -1.24. The molecule has 1 fully saturated rings. The maximum atomic E-state index is 13.4. The molecule has 156 valence electrons. The number of morpholine rings is 1. The van der Waals surface area contributed by atoms with E-state index >= 15 is 0 Å². The molecule has 0 bridgehead atoms. The van der Waals surface area contributed by atoms with Crippen LogP contribution < -0.4 is 5.69 Å². The Morgan fingerprint density at radius 3 is 2.72 bits per heavy atom. The maximum Gasteiger partial charge on any atom is 0.348 e. The summed E-state index contributed by atoms with van der Waals surface area (Å²) in [6, 6.07) is 3.91. The van der Waals surface area contributed by atoms with Gasteiger partial charge in [0, 0.05) is 43.2 Å². The Morgan fingerprint density at radius 1 is 1.10 bits per heavy atom. The summed E-state index contributed by atoms with van der Waals surface area (Å²) in [5, 5.41) is 0.733. The number of rotatable bonds is 7. The first-order chi connectivity index (χ1) is 14.1. The first-order valence-corrected chi connectivity index (χ1v) is 11.1. The molecular weight excluding hydrogens is 396 g/mol. The lowest BCUT2D eigenvalue weighted by Crippen LogP contribution is -2.37. The second-order valence-electron chi connectivity index (χ2n) is 7.47. The van der Waals surface area contributed by atoms with Crippen LogP contribution in [0, 0.1) is 11.6 Å². The van der Waals surface area contributed by atoms with Gasteiger partial charge in [0.25, 0.3) is 0 Å². The third-order valence-electron chi connectivity index (χ3n) is 5.52. The molecule has 1 aliphatic carbocycles. The zero-order valence-electron chi connectivity index (χ0n) is 16.3. The average molecular weight is 422 g/mol. The molecule has 0 radical (unpaired) electrons. The van der Waals surface area contributed by atoms with Gasteiger partial charge in [-0.05, 0) is 43.4 Å². The van der Waals surface area contributed by atoms with Crippen molar-refractivity contribution >= 4 is 11.8 Å². The highest BCUT2D eigenvalue weighted by Crippen LogP contribution is 2.31. The van der Waals surface area contributed by atoms with E-state index in [0.717, 1.165) is 80.9 Å². The van der Waals surface area contributed by atoms with Crippen LogP contribution in [-0.2, 0) is 29.9 Å². The molecule has 29 heavy (non-hydrogen) atoms. The lowest BCUT2D eigenvalue weighted by Gasteiger charge is -2.26. The Kier molecular flexibility index (Phi) is 6.62. The van der Waals surface area contributed by atoms with Crippen LogP contribution in [0.25, 0.3) is 0 Å². The highest BCUT2D eigenvalue weighted by molar-refractivity contribution is 7.98. The Labute approximate surface area is 173 Å². The van der Waals surface area contributed by atoms with Gasteiger partial charge in [-0.2, -0.15) is 4.98 Å². The number of fused-ring (bicyclic) bond motifs is 1. The highest BCUT2D eigenvalue weighted by Gasteiger charge is 2.22. The van der Waals surface area contributed by atoms with Crippen molar-refractivity contribution in [2.75, 3.05) is 32.8 Å². The van der Waals surface area contributed by atoms with Gasteiger partial charge in [0.2, 0.25) is 0 Å². The van der Waals surface area contributed by atoms with Crippen molar-refractivity contribution < 1.29 is 13.5 Å². The van der Waals surface area contributed by atoms with Crippen molar-refractivity contribution in [2.24, 2.45) is 0 Å². The van der Waals surface area contributed by atoms with E-state index < -0.39 is 11.6 Å². The SMILES string of the molecule is O=c1nc(SCc2ccc(F)c(F)c2)c2c(n1CCCN1CCOCC1)CCC2. The van der Waals surface area contributed by atoms with Crippen LogP contribution in [0.3, 0.4) is 0 Å². The predicted octanol–water partition coefficient (Wildman–Crippen LogP) is 3.02. The van der Waals surface area contributed by atoms with E-state index in [4.69, 9.17) is 4.74 Å². The molecule has 0 N–H and O–H groups in total. The predicted molar refractivity (Wildman–Crippen MR) is 108 cm³/mol. The fourth-order valence-electron chi connectivity index (χ4n) is 3.99. The molecule has 0 amide bonds. The van der Waals surface area contributed by atoms with Crippen molar-refractivity contribution in [1.82, 2.24) is 14.5 Å². The third-order valence-corrected chi connectivity index (χ3v) is 6.61. The molecule has 2 heterocycles. The van der Waals surface area contributed by atoms with E-state index in [9.17, 15) is 13.6 Å². The smallest absolute Gasteiger partial charge is 0.348 e.